The van der Waals surface area contributed by atoms with Gasteiger partial charge in [-0.25, -0.2) is 4.39 Å². The van der Waals surface area contributed by atoms with Crippen LogP contribution in [0.1, 0.15) is 29.7 Å². The summed E-state index contributed by atoms with van der Waals surface area (Å²) in [6.45, 7) is 0.997. The van der Waals surface area contributed by atoms with Crippen LogP contribution in [0, 0.1) is 0 Å². The standard InChI is InChI=1S/C15H18FN3O3/c1-20-12-4-2-3-10(5-12)8-21-9-14-18-15(22-19-14)13-6-11(16)7-17-13/h2-5,11,13,17H,6-9H2,1H3/t11-,13+/m0/s1. The third kappa shape index (κ3) is 3.61. The minimum absolute atomic E-state index is 0.199. The van der Waals surface area contributed by atoms with E-state index >= 15 is 0 Å². The zero-order valence-corrected chi connectivity index (χ0v) is 12.3. The fourth-order valence-corrected chi connectivity index (χ4v) is 2.37. The third-order valence-electron chi connectivity index (χ3n) is 3.49. The summed E-state index contributed by atoms with van der Waals surface area (Å²) in [6.07, 6.45) is -0.489. The number of halogens is 1. The highest BCUT2D eigenvalue weighted by atomic mass is 19.1. The molecule has 0 spiro atoms. The summed E-state index contributed by atoms with van der Waals surface area (Å²) < 4.78 is 29.0. The molecule has 1 N–H and O–H groups in total. The number of ether oxygens (including phenoxy) is 2. The average molecular weight is 307 g/mol. The van der Waals surface area contributed by atoms with E-state index in [1.54, 1.807) is 7.11 Å². The van der Waals surface area contributed by atoms with E-state index in [9.17, 15) is 4.39 Å². The highest BCUT2D eigenvalue weighted by Crippen LogP contribution is 2.23. The molecular weight excluding hydrogens is 289 g/mol. The van der Waals surface area contributed by atoms with Crippen molar-refractivity contribution in [3.8, 4) is 5.75 Å². The lowest BCUT2D eigenvalue weighted by Gasteiger charge is -2.04. The Morgan fingerprint density at radius 2 is 2.32 bits per heavy atom. The predicted octanol–water partition coefficient (Wildman–Crippen LogP) is 2.17. The van der Waals surface area contributed by atoms with E-state index in [4.69, 9.17) is 14.0 Å². The molecule has 0 saturated carbocycles. The van der Waals surface area contributed by atoms with Gasteiger partial charge in [0.15, 0.2) is 5.82 Å². The summed E-state index contributed by atoms with van der Waals surface area (Å²) >= 11 is 0. The van der Waals surface area contributed by atoms with Crippen molar-refractivity contribution in [1.82, 2.24) is 15.5 Å². The fourth-order valence-electron chi connectivity index (χ4n) is 2.37. The minimum Gasteiger partial charge on any atom is -0.497 e. The summed E-state index contributed by atoms with van der Waals surface area (Å²) in [5.41, 5.74) is 1.00. The molecular formula is C15H18FN3O3. The van der Waals surface area contributed by atoms with Crippen LogP contribution in [0.3, 0.4) is 0 Å². The number of benzene rings is 1. The topological polar surface area (TPSA) is 69.4 Å². The molecule has 0 bridgehead atoms. The largest absolute Gasteiger partial charge is 0.497 e. The first-order valence-corrected chi connectivity index (χ1v) is 7.15. The van der Waals surface area contributed by atoms with Gasteiger partial charge in [0.2, 0.25) is 5.89 Å². The Morgan fingerprint density at radius 1 is 1.41 bits per heavy atom. The number of hydrogen-bond acceptors (Lipinski definition) is 6. The Bertz CT molecular complexity index is 620. The number of nitrogens with one attached hydrogen (secondary N) is 1. The molecule has 2 atom stereocenters. The van der Waals surface area contributed by atoms with Crippen LogP contribution in [0.2, 0.25) is 0 Å². The maximum atomic E-state index is 13.1. The summed E-state index contributed by atoms with van der Waals surface area (Å²) in [7, 11) is 1.62. The van der Waals surface area contributed by atoms with Gasteiger partial charge < -0.3 is 19.3 Å². The Hall–Kier alpha value is -1.99. The molecule has 1 fully saturated rings. The summed E-state index contributed by atoms with van der Waals surface area (Å²) in [4.78, 5) is 4.23. The van der Waals surface area contributed by atoms with Crippen LogP contribution in [-0.2, 0) is 18.0 Å². The first-order chi connectivity index (χ1) is 10.7. The highest BCUT2D eigenvalue weighted by Gasteiger charge is 2.29. The highest BCUT2D eigenvalue weighted by molar-refractivity contribution is 5.27. The van der Waals surface area contributed by atoms with Crippen LogP contribution in [0.15, 0.2) is 28.8 Å². The molecule has 0 aliphatic carbocycles. The van der Waals surface area contributed by atoms with E-state index in [1.807, 2.05) is 24.3 Å². The van der Waals surface area contributed by atoms with Gasteiger partial charge in [-0.2, -0.15) is 4.98 Å². The SMILES string of the molecule is COc1cccc(COCc2noc([C@H]3C[C@H](F)CN3)n2)c1. The van der Waals surface area contributed by atoms with Gasteiger partial charge in [0.05, 0.1) is 19.8 Å². The number of methoxy groups -OCH3 is 1. The van der Waals surface area contributed by atoms with E-state index in [-0.39, 0.29) is 12.6 Å². The molecule has 0 amide bonds. The molecule has 1 aliphatic rings. The molecule has 3 rings (SSSR count). The first-order valence-electron chi connectivity index (χ1n) is 7.15. The van der Waals surface area contributed by atoms with Gasteiger partial charge in [0, 0.05) is 13.0 Å². The van der Waals surface area contributed by atoms with E-state index in [0.29, 0.717) is 31.3 Å². The molecule has 1 aliphatic heterocycles. The predicted molar refractivity (Wildman–Crippen MR) is 76.0 cm³/mol. The molecule has 118 valence electrons. The van der Waals surface area contributed by atoms with Gasteiger partial charge in [-0.1, -0.05) is 17.3 Å². The summed E-state index contributed by atoms with van der Waals surface area (Å²) in [5.74, 6) is 1.66. The van der Waals surface area contributed by atoms with Crippen LogP contribution < -0.4 is 10.1 Å². The monoisotopic (exact) mass is 307 g/mol. The smallest absolute Gasteiger partial charge is 0.243 e. The fraction of sp³-hybridized carbons (Fsp3) is 0.467. The van der Waals surface area contributed by atoms with Gasteiger partial charge >= 0.3 is 0 Å². The van der Waals surface area contributed by atoms with Crippen LogP contribution in [0.4, 0.5) is 4.39 Å². The molecule has 6 nitrogen and oxygen atoms in total. The van der Waals surface area contributed by atoms with Gasteiger partial charge in [0.25, 0.3) is 0 Å². The molecule has 1 saturated heterocycles. The molecule has 7 heteroatoms. The number of alkyl halides is 1. The molecule has 2 heterocycles. The van der Waals surface area contributed by atoms with Gasteiger partial charge in [-0.15, -0.1) is 0 Å². The van der Waals surface area contributed by atoms with E-state index in [0.717, 1.165) is 11.3 Å². The number of rotatable bonds is 6. The van der Waals surface area contributed by atoms with Gasteiger partial charge in [0.1, 0.15) is 18.5 Å². The minimum atomic E-state index is -0.857. The molecule has 22 heavy (non-hydrogen) atoms. The zero-order chi connectivity index (χ0) is 15.4. The average Bonchev–Trinajstić information content (AvgIpc) is 3.16. The van der Waals surface area contributed by atoms with E-state index < -0.39 is 6.17 Å². The van der Waals surface area contributed by atoms with Gasteiger partial charge in [-0.3, -0.25) is 0 Å². The van der Waals surface area contributed by atoms with Crippen LogP contribution in [-0.4, -0.2) is 30.0 Å². The van der Waals surface area contributed by atoms with Crippen molar-refractivity contribution in [2.75, 3.05) is 13.7 Å². The first kappa shape index (κ1) is 14.9. The van der Waals surface area contributed by atoms with Crippen molar-refractivity contribution in [3.63, 3.8) is 0 Å². The van der Waals surface area contributed by atoms with Crippen molar-refractivity contribution >= 4 is 0 Å². The van der Waals surface area contributed by atoms with Crippen LogP contribution in [0.5, 0.6) is 5.75 Å². The van der Waals surface area contributed by atoms with Gasteiger partial charge in [-0.05, 0) is 17.7 Å². The van der Waals surface area contributed by atoms with E-state index in [1.165, 1.54) is 0 Å². The number of aromatic nitrogens is 2. The molecule has 0 radical (unpaired) electrons. The maximum Gasteiger partial charge on any atom is 0.243 e. The Kier molecular flexibility index (Phi) is 4.65. The normalized spacial score (nSPS) is 21.2. The lowest BCUT2D eigenvalue weighted by Crippen LogP contribution is -2.14. The van der Waals surface area contributed by atoms with Crippen LogP contribution in [0.25, 0.3) is 0 Å². The maximum absolute atomic E-state index is 13.1. The lowest BCUT2D eigenvalue weighted by molar-refractivity contribution is 0.0998. The van der Waals surface area contributed by atoms with Crippen molar-refractivity contribution < 1.29 is 18.4 Å². The summed E-state index contributed by atoms with van der Waals surface area (Å²) in [6, 6.07) is 7.44. The molecule has 2 aromatic rings. The van der Waals surface area contributed by atoms with E-state index in [2.05, 4.69) is 15.5 Å². The molecule has 1 aromatic heterocycles. The quantitative estimate of drug-likeness (QED) is 0.882. The molecule has 0 unspecified atom stereocenters. The molecule has 1 aromatic carbocycles. The van der Waals surface area contributed by atoms with Crippen molar-refractivity contribution in [2.45, 2.75) is 31.8 Å². The second-order valence-corrected chi connectivity index (χ2v) is 5.19. The zero-order valence-electron chi connectivity index (χ0n) is 12.3. The van der Waals surface area contributed by atoms with Crippen molar-refractivity contribution in [2.24, 2.45) is 0 Å². The Labute approximate surface area is 127 Å². The Morgan fingerprint density at radius 3 is 3.09 bits per heavy atom. The van der Waals surface area contributed by atoms with Crippen molar-refractivity contribution in [3.05, 3.63) is 41.5 Å². The second kappa shape index (κ2) is 6.85. The van der Waals surface area contributed by atoms with Crippen molar-refractivity contribution in [1.29, 1.82) is 0 Å². The second-order valence-electron chi connectivity index (χ2n) is 5.19. The Balaban J connectivity index is 1.50. The number of nitrogens with zero attached hydrogens (tertiary/aromatic N) is 2. The third-order valence-corrected chi connectivity index (χ3v) is 3.49. The lowest BCUT2D eigenvalue weighted by atomic mass is 10.2. The number of hydrogen-bond donors (Lipinski definition) is 1. The van der Waals surface area contributed by atoms with Crippen LogP contribution >= 0.6 is 0 Å². The summed E-state index contributed by atoms with van der Waals surface area (Å²) in [5, 5.41) is 6.86.